The van der Waals surface area contributed by atoms with Crippen molar-refractivity contribution >= 4 is 5.97 Å². The number of tetrazole rings is 1. The van der Waals surface area contributed by atoms with Crippen molar-refractivity contribution in [2.45, 2.75) is 6.92 Å². The van der Waals surface area contributed by atoms with Crippen LogP contribution in [-0.4, -0.2) is 21.5 Å². The summed E-state index contributed by atoms with van der Waals surface area (Å²) in [7, 11) is 0. The van der Waals surface area contributed by atoms with Gasteiger partial charge in [0.1, 0.15) is 5.10 Å². The number of nitrogens with one attached hydrogen (secondary N) is 2. The smallest absolute Gasteiger partial charge is 0.286 e. The number of carboxylic acid groups (broad SMARTS) is 1. The van der Waals surface area contributed by atoms with Gasteiger partial charge in [0.15, 0.2) is 5.21 Å². The third kappa shape index (κ3) is 15.7. The quantitative estimate of drug-likeness (QED) is 0.456. The molecule has 0 spiro atoms. The molecule has 10 heavy (non-hydrogen) atoms. The maximum atomic E-state index is 8.89. The summed E-state index contributed by atoms with van der Waals surface area (Å²) < 4.78 is 0. The zero-order chi connectivity index (χ0) is 7.11. The normalized spacial score (nSPS) is 6.50. The van der Waals surface area contributed by atoms with E-state index in [0.717, 1.165) is 6.92 Å². The van der Waals surface area contributed by atoms with Crippen LogP contribution in [0.3, 0.4) is 0 Å². The fourth-order valence-electron chi connectivity index (χ4n) is 0.144. The van der Waals surface area contributed by atoms with Crippen molar-refractivity contribution in [2.75, 3.05) is 0 Å². The van der Waals surface area contributed by atoms with Crippen molar-refractivity contribution in [1.82, 2.24) is 15.5 Å². The molecule has 1 radical (unpaired) electrons. The van der Waals surface area contributed by atoms with E-state index in [4.69, 9.17) is 9.90 Å². The van der Waals surface area contributed by atoms with E-state index in [2.05, 4.69) is 20.6 Å². The van der Waals surface area contributed by atoms with Gasteiger partial charge in [-0.05, 0) is 6.92 Å². The van der Waals surface area contributed by atoms with Gasteiger partial charge in [-0.2, -0.15) is 5.10 Å². The van der Waals surface area contributed by atoms with Gasteiger partial charge in [-0.3, -0.25) is 0 Å². The molecule has 1 aromatic rings. The number of aromatic nitrogens is 4. The fourth-order valence-corrected chi connectivity index (χ4v) is 0.144. The van der Waals surface area contributed by atoms with Crippen molar-refractivity contribution in [3.8, 4) is 0 Å². The molecule has 0 saturated heterocycles. The van der Waals surface area contributed by atoms with Crippen molar-refractivity contribution in [3.63, 3.8) is 0 Å². The predicted molar refractivity (Wildman–Crippen MR) is 23.6 cm³/mol. The zero-order valence-electron chi connectivity index (χ0n) is 5.09. The summed E-state index contributed by atoms with van der Waals surface area (Å²) in [6, 6.07) is 0. The third-order valence-electron chi connectivity index (χ3n) is 0.295. The molecule has 0 aliphatic carbocycles. The number of nitrogens with zero attached hydrogens (tertiary/aromatic N) is 2. The molecule has 2 N–H and O–H groups in total. The second kappa shape index (κ2) is 8.06. The SMILES string of the molecule is CC(=O)[O-].[Cu].c1nn[nH][nH+]1. The summed E-state index contributed by atoms with van der Waals surface area (Å²) >= 11 is 0. The molecule has 1 heterocycles. The number of carboxylic acids is 1. The number of rotatable bonds is 0. The zero-order valence-corrected chi connectivity index (χ0v) is 6.03. The molecule has 1 rings (SSSR count). The van der Waals surface area contributed by atoms with Crippen LogP contribution >= 0.6 is 0 Å². The summed E-state index contributed by atoms with van der Waals surface area (Å²) in [6.07, 6.45) is 1.46. The van der Waals surface area contributed by atoms with Crippen molar-refractivity contribution in [1.29, 1.82) is 0 Å². The van der Waals surface area contributed by atoms with E-state index >= 15 is 0 Å². The Morgan fingerprint density at radius 1 is 1.80 bits per heavy atom. The van der Waals surface area contributed by atoms with Crippen LogP contribution in [0.25, 0.3) is 0 Å². The number of carbonyl (C=O) groups excluding carboxylic acids is 1. The minimum atomic E-state index is -1.08. The van der Waals surface area contributed by atoms with Gasteiger partial charge < -0.3 is 9.90 Å². The summed E-state index contributed by atoms with van der Waals surface area (Å²) in [5.74, 6) is -1.08. The van der Waals surface area contributed by atoms with Gasteiger partial charge in [-0.25, -0.2) is 0 Å². The Bertz CT molecular complexity index is 132. The number of H-pyrrole nitrogens is 2. The van der Waals surface area contributed by atoms with Crippen molar-refractivity contribution < 1.29 is 32.1 Å². The van der Waals surface area contributed by atoms with Crippen LogP contribution < -0.4 is 10.2 Å². The Labute approximate surface area is 67.5 Å². The van der Waals surface area contributed by atoms with Crippen LogP contribution in [0, 0.1) is 0 Å². The number of aliphatic carboxylic acids is 1. The van der Waals surface area contributed by atoms with Gasteiger partial charge in [0, 0.05) is 23.0 Å². The number of carbonyl (C=O) groups is 1. The first kappa shape index (κ1) is 11.8. The Morgan fingerprint density at radius 2 is 2.30 bits per heavy atom. The van der Waals surface area contributed by atoms with Crippen LogP contribution in [0.1, 0.15) is 6.92 Å². The van der Waals surface area contributed by atoms with E-state index < -0.39 is 5.97 Å². The molecule has 0 fully saturated rings. The molecule has 61 valence electrons. The van der Waals surface area contributed by atoms with E-state index in [1.807, 2.05) is 0 Å². The Morgan fingerprint density at radius 3 is 2.40 bits per heavy atom. The summed E-state index contributed by atoms with van der Waals surface area (Å²) in [5, 5.41) is 20.4. The van der Waals surface area contributed by atoms with Gasteiger partial charge in [0.05, 0.1) is 0 Å². The summed E-state index contributed by atoms with van der Waals surface area (Å²) in [5.41, 5.74) is 0. The van der Waals surface area contributed by atoms with E-state index in [-0.39, 0.29) is 17.1 Å². The maximum absolute atomic E-state index is 8.89. The first-order chi connectivity index (χ1) is 4.23. The predicted octanol–water partition coefficient (Wildman–Crippen LogP) is -2.63. The molecule has 0 atom stereocenters. The van der Waals surface area contributed by atoms with Crippen LogP contribution in [-0.2, 0) is 21.9 Å². The molecule has 0 unspecified atom stereocenters. The first-order valence-electron chi connectivity index (χ1n) is 2.13. The summed E-state index contributed by atoms with van der Waals surface area (Å²) in [6.45, 7) is 0.972. The second-order valence-corrected chi connectivity index (χ2v) is 1.09. The molecule has 0 bridgehead atoms. The molecule has 0 aliphatic rings. The molecule has 0 aliphatic heterocycles. The van der Waals surface area contributed by atoms with Crippen LogP contribution in [0.15, 0.2) is 6.33 Å². The van der Waals surface area contributed by atoms with E-state index in [1.54, 1.807) is 0 Å². The van der Waals surface area contributed by atoms with Gasteiger partial charge in [0.25, 0.3) is 6.33 Å². The third-order valence-corrected chi connectivity index (χ3v) is 0.295. The van der Waals surface area contributed by atoms with Gasteiger partial charge in [-0.1, -0.05) is 5.21 Å². The molecule has 1 aromatic heterocycles. The van der Waals surface area contributed by atoms with Gasteiger partial charge in [0.2, 0.25) is 0 Å². The first-order valence-corrected chi connectivity index (χ1v) is 2.13. The maximum Gasteiger partial charge on any atom is 0.286 e. The molecule has 6 nitrogen and oxygen atoms in total. The molecule has 0 saturated carbocycles. The molecule has 7 heteroatoms. The van der Waals surface area contributed by atoms with E-state index in [9.17, 15) is 0 Å². The largest absolute Gasteiger partial charge is 0.550 e. The van der Waals surface area contributed by atoms with Gasteiger partial charge >= 0.3 is 0 Å². The van der Waals surface area contributed by atoms with Crippen LogP contribution in [0.2, 0.25) is 0 Å². The molecule has 0 amide bonds. The average molecular weight is 194 g/mol. The fraction of sp³-hybridized carbons (Fsp3) is 0.333. The van der Waals surface area contributed by atoms with E-state index in [1.165, 1.54) is 6.33 Å². The number of aromatic amines is 2. The standard InChI is InChI=1S/C2H4O2.CH2N4.Cu/c1-2(3)4;1-2-4-5-3-1;/h1H3,(H,3,4);1H,(H,2,3,4,5);. The molecular weight excluding hydrogens is 188 g/mol. The minimum absolute atomic E-state index is 0. The molecular formula is C3H6CuN4O2. The Kier molecular flexibility index (Phi) is 9.52. The van der Waals surface area contributed by atoms with Crippen molar-refractivity contribution in [3.05, 3.63) is 6.33 Å². The van der Waals surface area contributed by atoms with Crippen molar-refractivity contribution in [2.24, 2.45) is 0 Å². The average Bonchev–Trinajstić information content (AvgIpc) is 2.11. The number of hydrogen-bond acceptors (Lipinski definition) is 4. The topological polar surface area (TPSA) is 95.8 Å². The summed E-state index contributed by atoms with van der Waals surface area (Å²) in [4.78, 5) is 8.89. The Balaban J connectivity index is 0. The van der Waals surface area contributed by atoms with Gasteiger partial charge in [-0.15, -0.1) is 0 Å². The number of hydrogen-bond donors (Lipinski definition) is 1. The van der Waals surface area contributed by atoms with Crippen LogP contribution in [0.4, 0.5) is 0 Å². The molecule has 0 aromatic carbocycles. The van der Waals surface area contributed by atoms with E-state index in [0.29, 0.717) is 0 Å². The second-order valence-electron chi connectivity index (χ2n) is 1.09. The minimum Gasteiger partial charge on any atom is -0.550 e. The monoisotopic (exact) mass is 193 g/mol. The van der Waals surface area contributed by atoms with Crippen LogP contribution in [0.5, 0.6) is 0 Å². The Hall–Kier alpha value is -0.941.